The molecule has 98 valence electrons. The summed E-state index contributed by atoms with van der Waals surface area (Å²) in [6.45, 7) is 4.18. The standard InChI is InChI=1S/C8H12O.C8H10O/c2*1-7-4-3-5-8(6-7)9-2/h4-5H,3,6H2,1-2H3;3-6H,1-2H3. The Hall–Kier alpha value is -1.70. The molecule has 0 radical (unpaired) electrons. The van der Waals surface area contributed by atoms with Gasteiger partial charge in [-0.3, -0.25) is 0 Å². The molecule has 2 rings (SSSR count). The van der Waals surface area contributed by atoms with Crippen molar-refractivity contribution in [1.82, 2.24) is 0 Å². The molecule has 1 aromatic rings. The predicted molar refractivity (Wildman–Crippen MR) is 75.8 cm³/mol. The lowest BCUT2D eigenvalue weighted by Crippen LogP contribution is -1.92. The predicted octanol–water partition coefficient (Wildman–Crippen LogP) is 4.26. The molecular formula is C16H22O2. The van der Waals surface area contributed by atoms with Crippen molar-refractivity contribution in [1.29, 1.82) is 0 Å². The Kier molecular flexibility index (Phi) is 6.06. The van der Waals surface area contributed by atoms with E-state index in [0.29, 0.717) is 0 Å². The molecule has 0 atom stereocenters. The van der Waals surface area contributed by atoms with Gasteiger partial charge in [0.05, 0.1) is 20.0 Å². The topological polar surface area (TPSA) is 18.5 Å². The lowest BCUT2D eigenvalue weighted by Gasteiger charge is -2.09. The summed E-state index contributed by atoms with van der Waals surface area (Å²) < 4.78 is 10.1. The fourth-order valence-corrected chi connectivity index (χ4v) is 1.71. The van der Waals surface area contributed by atoms with E-state index in [1.807, 2.05) is 31.2 Å². The first-order chi connectivity index (χ1) is 8.65. The van der Waals surface area contributed by atoms with Crippen LogP contribution in [0.15, 0.2) is 47.7 Å². The van der Waals surface area contributed by atoms with E-state index in [4.69, 9.17) is 9.47 Å². The molecule has 2 nitrogen and oxygen atoms in total. The van der Waals surface area contributed by atoms with Gasteiger partial charge < -0.3 is 9.47 Å². The molecule has 1 aromatic carbocycles. The number of aryl methyl sites for hydroxylation is 1. The molecule has 0 spiro atoms. The van der Waals surface area contributed by atoms with E-state index < -0.39 is 0 Å². The van der Waals surface area contributed by atoms with E-state index in [1.165, 1.54) is 11.1 Å². The van der Waals surface area contributed by atoms with Gasteiger partial charge in [0, 0.05) is 6.42 Å². The summed E-state index contributed by atoms with van der Waals surface area (Å²) in [6.07, 6.45) is 6.38. The molecule has 0 bridgehead atoms. The summed E-state index contributed by atoms with van der Waals surface area (Å²) in [7, 11) is 3.40. The third-order valence-electron chi connectivity index (χ3n) is 2.75. The van der Waals surface area contributed by atoms with Crippen molar-refractivity contribution in [3.8, 4) is 5.75 Å². The lowest BCUT2D eigenvalue weighted by atomic mass is 10.1. The second-order valence-corrected chi connectivity index (χ2v) is 4.36. The van der Waals surface area contributed by atoms with E-state index in [0.717, 1.165) is 24.4 Å². The minimum atomic E-state index is 0.926. The lowest BCUT2D eigenvalue weighted by molar-refractivity contribution is 0.280. The highest BCUT2D eigenvalue weighted by Gasteiger charge is 2.00. The SMILES string of the molecule is COC1=CCC=C(C)C1.COc1cccc(C)c1. The number of benzene rings is 1. The molecule has 0 saturated carbocycles. The van der Waals surface area contributed by atoms with Crippen LogP contribution in [0.1, 0.15) is 25.3 Å². The summed E-state index contributed by atoms with van der Waals surface area (Å²) >= 11 is 0. The minimum absolute atomic E-state index is 0.926. The molecule has 1 aliphatic carbocycles. The van der Waals surface area contributed by atoms with Gasteiger partial charge in [-0.2, -0.15) is 0 Å². The molecule has 0 heterocycles. The van der Waals surface area contributed by atoms with Crippen molar-refractivity contribution in [2.45, 2.75) is 26.7 Å². The number of hydrogen-bond acceptors (Lipinski definition) is 2. The van der Waals surface area contributed by atoms with Gasteiger partial charge in [0.1, 0.15) is 5.75 Å². The van der Waals surface area contributed by atoms with E-state index in [-0.39, 0.29) is 0 Å². The zero-order valence-corrected chi connectivity index (χ0v) is 11.7. The van der Waals surface area contributed by atoms with Crippen molar-refractivity contribution in [3.05, 3.63) is 53.3 Å². The maximum Gasteiger partial charge on any atom is 0.119 e. The average molecular weight is 246 g/mol. The molecular weight excluding hydrogens is 224 g/mol. The van der Waals surface area contributed by atoms with Crippen molar-refractivity contribution in [3.63, 3.8) is 0 Å². The molecule has 0 N–H and O–H groups in total. The highest BCUT2D eigenvalue weighted by Crippen LogP contribution is 2.17. The quantitative estimate of drug-likeness (QED) is 0.726. The monoisotopic (exact) mass is 246 g/mol. The Morgan fingerprint density at radius 1 is 1.00 bits per heavy atom. The van der Waals surface area contributed by atoms with Crippen molar-refractivity contribution in [2.75, 3.05) is 14.2 Å². The van der Waals surface area contributed by atoms with Crippen LogP contribution in [-0.4, -0.2) is 14.2 Å². The zero-order valence-electron chi connectivity index (χ0n) is 11.7. The summed E-state index contributed by atoms with van der Waals surface area (Å²) in [4.78, 5) is 0. The Morgan fingerprint density at radius 3 is 2.22 bits per heavy atom. The first kappa shape index (κ1) is 14.4. The van der Waals surface area contributed by atoms with Crippen LogP contribution < -0.4 is 4.74 Å². The number of ether oxygens (including phenoxy) is 2. The highest BCUT2D eigenvalue weighted by molar-refractivity contribution is 5.27. The molecule has 0 unspecified atom stereocenters. The fourth-order valence-electron chi connectivity index (χ4n) is 1.71. The summed E-state index contributed by atoms with van der Waals surface area (Å²) in [5.74, 6) is 2.03. The Balaban J connectivity index is 0.000000180. The average Bonchev–Trinajstić information content (AvgIpc) is 2.39. The van der Waals surface area contributed by atoms with Crippen molar-refractivity contribution in [2.24, 2.45) is 0 Å². The van der Waals surface area contributed by atoms with Crippen molar-refractivity contribution >= 4 is 0 Å². The van der Waals surface area contributed by atoms with Gasteiger partial charge >= 0.3 is 0 Å². The van der Waals surface area contributed by atoms with Crippen LogP contribution in [0.3, 0.4) is 0 Å². The van der Waals surface area contributed by atoms with Crippen LogP contribution in [0.4, 0.5) is 0 Å². The second kappa shape index (κ2) is 7.59. The van der Waals surface area contributed by atoms with Crippen LogP contribution in [0.2, 0.25) is 0 Å². The minimum Gasteiger partial charge on any atom is -0.501 e. The third-order valence-corrected chi connectivity index (χ3v) is 2.75. The van der Waals surface area contributed by atoms with Gasteiger partial charge in [-0.15, -0.1) is 0 Å². The molecule has 0 aromatic heterocycles. The smallest absolute Gasteiger partial charge is 0.119 e. The van der Waals surface area contributed by atoms with Crippen LogP contribution in [0.25, 0.3) is 0 Å². The molecule has 18 heavy (non-hydrogen) atoms. The van der Waals surface area contributed by atoms with Gasteiger partial charge in [-0.1, -0.05) is 23.8 Å². The molecule has 2 heteroatoms. The number of allylic oxidation sites excluding steroid dienone is 3. The summed E-state index contributed by atoms with van der Waals surface area (Å²) in [6, 6.07) is 7.96. The van der Waals surface area contributed by atoms with E-state index in [1.54, 1.807) is 14.2 Å². The Labute approximate surface area is 110 Å². The third kappa shape index (κ3) is 5.09. The van der Waals surface area contributed by atoms with Crippen LogP contribution in [0.5, 0.6) is 5.75 Å². The normalized spacial score (nSPS) is 13.8. The fraction of sp³-hybridized carbons (Fsp3) is 0.375. The summed E-state index contributed by atoms with van der Waals surface area (Å²) in [5.41, 5.74) is 2.64. The maximum atomic E-state index is 5.08. The van der Waals surface area contributed by atoms with Crippen LogP contribution >= 0.6 is 0 Å². The van der Waals surface area contributed by atoms with Gasteiger partial charge in [-0.25, -0.2) is 0 Å². The second-order valence-electron chi connectivity index (χ2n) is 4.36. The highest BCUT2D eigenvalue weighted by atomic mass is 16.5. The van der Waals surface area contributed by atoms with E-state index >= 15 is 0 Å². The van der Waals surface area contributed by atoms with E-state index in [9.17, 15) is 0 Å². The molecule has 0 saturated heterocycles. The first-order valence-electron chi connectivity index (χ1n) is 6.15. The van der Waals surface area contributed by atoms with Gasteiger partial charge in [-0.05, 0) is 44.0 Å². The zero-order chi connectivity index (χ0) is 13.4. The maximum absolute atomic E-state index is 5.08. The largest absolute Gasteiger partial charge is 0.501 e. The molecule has 0 aliphatic heterocycles. The first-order valence-corrected chi connectivity index (χ1v) is 6.15. The Morgan fingerprint density at radius 2 is 1.78 bits per heavy atom. The molecule has 0 fully saturated rings. The number of hydrogen-bond donors (Lipinski definition) is 0. The Bertz CT molecular complexity index is 430. The van der Waals surface area contributed by atoms with E-state index in [2.05, 4.69) is 19.1 Å². The molecule has 1 aliphatic rings. The number of rotatable bonds is 2. The summed E-state index contributed by atoms with van der Waals surface area (Å²) in [5, 5.41) is 0. The van der Waals surface area contributed by atoms with Gasteiger partial charge in [0.2, 0.25) is 0 Å². The van der Waals surface area contributed by atoms with Crippen LogP contribution in [0, 0.1) is 6.92 Å². The molecule has 0 amide bonds. The van der Waals surface area contributed by atoms with Gasteiger partial charge in [0.25, 0.3) is 0 Å². The van der Waals surface area contributed by atoms with Crippen LogP contribution in [-0.2, 0) is 4.74 Å². The van der Waals surface area contributed by atoms with Gasteiger partial charge in [0.15, 0.2) is 0 Å². The van der Waals surface area contributed by atoms with Crippen molar-refractivity contribution < 1.29 is 9.47 Å². The number of methoxy groups -OCH3 is 2.